The summed E-state index contributed by atoms with van der Waals surface area (Å²) in [5.41, 5.74) is 10.2. The summed E-state index contributed by atoms with van der Waals surface area (Å²) in [6.45, 7) is 7.17. The molecule has 0 fully saturated rings. The Bertz CT molecular complexity index is 1560. The number of nitrogens with one attached hydrogen (secondary N) is 1. The maximum Gasteiger partial charge on any atom is 0.407 e. The van der Waals surface area contributed by atoms with Gasteiger partial charge in [-0.2, -0.15) is 0 Å². The molecule has 4 aromatic rings. The molecule has 234 valence electrons. The molecule has 5 rings (SSSR count). The maximum atomic E-state index is 12.2. The zero-order valence-corrected chi connectivity index (χ0v) is 26.1. The van der Waals surface area contributed by atoms with E-state index in [1.165, 1.54) is 11.1 Å². The third kappa shape index (κ3) is 8.58. The lowest BCUT2D eigenvalue weighted by molar-refractivity contribution is -0.157. The van der Waals surface area contributed by atoms with Gasteiger partial charge >= 0.3 is 18.0 Å². The fourth-order valence-corrected chi connectivity index (χ4v) is 5.24. The predicted octanol–water partition coefficient (Wildman–Crippen LogP) is 6.43. The van der Waals surface area contributed by atoms with Crippen LogP contribution in [-0.4, -0.2) is 37.7 Å². The normalized spacial score (nSPS) is 12.1. The van der Waals surface area contributed by atoms with Crippen LogP contribution in [0.3, 0.4) is 0 Å². The highest BCUT2D eigenvalue weighted by Gasteiger charge is 2.30. The van der Waals surface area contributed by atoms with Crippen LogP contribution in [0.2, 0.25) is 0 Å². The highest BCUT2D eigenvalue weighted by Crippen LogP contribution is 2.44. The number of rotatable bonds is 9. The third-order valence-corrected chi connectivity index (χ3v) is 7.56. The van der Waals surface area contributed by atoms with Crippen LogP contribution < -0.4 is 11.1 Å². The number of benzene rings is 4. The van der Waals surface area contributed by atoms with E-state index in [4.69, 9.17) is 19.9 Å². The molecule has 0 aromatic heterocycles. The van der Waals surface area contributed by atoms with E-state index in [1.807, 2.05) is 113 Å². The van der Waals surface area contributed by atoms with Gasteiger partial charge in [0.05, 0.1) is 6.54 Å². The molecule has 8 nitrogen and oxygen atoms in total. The molecule has 1 amide bonds. The molecule has 0 bridgehead atoms. The van der Waals surface area contributed by atoms with Crippen LogP contribution in [0.4, 0.5) is 4.79 Å². The first-order valence-electron chi connectivity index (χ1n) is 14.9. The van der Waals surface area contributed by atoms with Crippen LogP contribution in [0.5, 0.6) is 0 Å². The molecular weight excluding hydrogens is 568 g/mol. The zero-order valence-electron chi connectivity index (χ0n) is 26.1. The van der Waals surface area contributed by atoms with E-state index in [-0.39, 0.29) is 31.6 Å². The van der Waals surface area contributed by atoms with Crippen molar-refractivity contribution in [3.8, 4) is 11.1 Å². The molecule has 4 aromatic carbocycles. The van der Waals surface area contributed by atoms with Gasteiger partial charge in [0.2, 0.25) is 0 Å². The Balaban J connectivity index is 0.000000276. The lowest BCUT2D eigenvalue weighted by Crippen LogP contribution is -2.35. The summed E-state index contributed by atoms with van der Waals surface area (Å²) < 4.78 is 16.2. The second-order valence-corrected chi connectivity index (χ2v) is 11.6. The molecule has 0 saturated carbocycles. The quantitative estimate of drug-likeness (QED) is 0.166. The highest BCUT2D eigenvalue weighted by atomic mass is 16.6. The second kappa shape index (κ2) is 14.7. The Labute approximate surface area is 264 Å². The Morgan fingerprint density at radius 3 is 1.53 bits per heavy atom. The minimum absolute atomic E-state index is 0.0258. The SMILES string of the molecule is CC(C)(OC(=O)CN)c1ccccc1.CC(C)(OC(=O)CNC(=O)OCC1c2ccccc2-c2ccccc21)c1ccccc1. The largest absolute Gasteiger partial charge is 0.454 e. The number of alkyl carbamates (subject to hydrolysis) is 1. The number of amides is 1. The first kappa shape index (κ1) is 33.0. The minimum Gasteiger partial charge on any atom is -0.454 e. The van der Waals surface area contributed by atoms with Crippen molar-refractivity contribution in [2.75, 3.05) is 19.7 Å². The number of ether oxygens (including phenoxy) is 3. The minimum atomic E-state index is -0.790. The van der Waals surface area contributed by atoms with Gasteiger partial charge in [0.1, 0.15) is 24.4 Å². The van der Waals surface area contributed by atoms with Crippen LogP contribution in [0.25, 0.3) is 11.1 Å². The van der Waals surface area contributed by atoms with Gasteiger partial charge in [0, 0.05) is 5.92 Å². The fourth-order valence-electron chi connectivity index (χ4n) is 5.24. The van der Waals surface area contributed by atoms with Crippen LogP contribution in [0.1, 0.15) is 55.9 Å². The van der Waals surface area contributed by atoms with Crippen molar-refractivity contribution in [3.05, 3.63) is 131 Å². The molecule has 0 unspecified atom stereocenters. The van der Waals surface area contributed by atoms with Gasteiger partial charge in [-0.05, 0) is 61.1 Å². The van der Waals surface area contributed by atoms with E-state index in [2.05, 4.69) is 29.6 Å². The summed E-state index contributed by atoms with van der Waals surface area (Å²) in [5, 5.41) is 2.49. The average Bonchev–Trinajstić information content (AvgIpc) is 3.37. The van der Waals surface area contributed by atoms with E-state index in [1.54, 1.807) is 0 Å². The molecule has 45 heavy (non-hydrogen) atoms. The molecule has 1 aliphatic carbocycles. The van der Waals surface area contributed by atoms with Gasteiger partial charge in [-0.15, -0.1) is 0 Å². The number of hydrogen-bond donors (Lipinski definition) is 2. The Kier molecular flexibility index (Phi) is 10.8. The molecule has 8 heteroatoms. The number of carbonyl (C=O) groups excluding carboxylic acids is 3. The number of hydrogen-bond acceptors (Lipinski definition) is 7. The molecule has 0 saturated heterocycles. The number of nitrogens with two attached hydrogens (primary N) is 1. The van der Waals surface area contributed by atoms with E-state index in [0.29, 0.717) is 0 Å². The van der Waals surface area contributed by atoms with Crippen molar-refractivity contribution in [3.63, 3.8) is 0 Å². The van der Waals surface area contributed by atoms with Gasteiger partial charge in [-0.25, -0.2) is 4.79 Å². The van der Waals surface area contributed by atoms with Crippen LogP contribution in [0, 0.1) is 0 Å². The van der Waals surface area contributed by atoms with Crippen LogP contribution in [0.15, 0.2) is 109 Å². The molecule has 0 atom stereocenters. The first-order valence-corrected chi connectivity index (χ1v) is 14.9. The molecule has 1 aliphatic rings. The summed E-state index contributed by atoms with van der Waals surface area (Å²) in [4.78, 5) is 35.5. The monoisotopic (exact) mass is 608 g/mol. The van der Waals surface area contributed by atoms with Gasteiger partial charge in [0.25, 0.3) is 0 Å². The van der Waals surface area contributed by atoms with Gasteiger partial charge in [0.15, 0.2) is 0 Å². The van der Waals surface area contributed by atoms with Gasteiger partial charge < -0.3 is 25.3 Å². The lowest BCUT2D eigenvalue weighted by Gasteiger charge is -2.25. The van der Waals surface area contributed by atoms with E-state index in [0.717, 1.165) is 22.3 Å². The number of fused-ring (bicyclic) bond motifs is 3. The predicted molar refractivity (Wildman–Crippen MR) is 173 cm³/mol. The van der Waals surface area contributed by atoms with Crippen LogP contribution >= 0.6 is 0 Å². The number of esters is 2. The average molecular weight is 609 g/mol. The molecule has 3 N–H and O–H groups in total. The molecular formula is C37H40N2O6. The summed E-state index contributed by atoms with van der Waals surface area (Å²) in [6, 6.07) is 35.3. The topological polar surface area (TPSA) is 117 Å². The second-order valence-electron chi connectivity index (χ2n) is 11.6. The summed E-state index contributed by atoms with van der Waals surface area (Å²) in [6.07, 6.45) is -0.642. The smallest absolute Gasteiger partial charge is 0.407 e. The Hall–Kier alpha value is -4.95. The van der Waals surface area contributed by atoms with E-state index < -0.39 is 23.3 Å². The molecule has 0 spiro atoms. The maximum absolute atomic E-state index is 12.2. The summed E-state index contributed by atoms with van der Waals surface area (Å²) in [7, 11) is 0. The fraction of sp³-hybridized carbons (Fsp3) is 0.270. The third-order valence-electron chi connectivity index (χ3n) is 7.56. The van der Waals surface area contributed by atoms with E-state index in [9.17, 15) is 14.4 Å². The van der Waals surface area contributed by atoms with Crippen molar-refractivity contribution in [1.82, 2.24) is 5.32 Å². The Morgan fingerprint density at radius 1 is 0.644 bits per heavy atom. The molecule has 0 aliphatic heterocycles. The zero-order chi connectivity index (χ0) is 32.5. The van der Waals surface area contributed by atoms with Crippen molar-refractivity contribution in [2.24, 2.45) is 5.73 Å². The first-order chi connectivity index (χ1) is 21.5. The van der Waals surface area contributed by atoms with Crippen molar-refractivity contribution < 1.29 is 28.6 Å². The van der Waals surface area contributed by atoms with Crippen LogP contribution in [-0.2, 0) is 35.0 Å². The number of carbonyl (C=O) groups is 3. The lowest BCUT2D eigenvalue weighted by atomic mass is 9.98. The van der Waals surface area contributed by atoms with Gasteiger partial charge in [-0.3, -0.25) is 9.59 Å². The van der Waals surface area contributed by atoms with Crippen molar-refractivity contribution >= 4 is 18.0 Å². The Morgan fingerprint density at radius 2 is 1.07 bits per heavy atom. The van der Waals surface area contributed by atoms with Gasteiger partial charge in [-0.1, -0.05) is 109 Å². The summed E-state index contributed by atoms with van der Waals surface area (Å²) >= 11 is 0. The highest BCUT2D eigenvalue weighted by molar-refractivity contribution is 5.80. The molecule has 0 radical (unpaired) electrons. The van der Waals surface area contributed by atoms with E-state index >= 15 is 0 Å². The van der Waals surface area contributed by atoms with Crippen molar-refractivity contribution in [2.45, 2.75) is 44.8 Å². The summed E-state index contributed by atoms with van der Waals surface area (Å²) in [5.74, 6) is -0.941. The standard InChI is InChI=1S/C26H25NO4.C11H15NO2/c1-26(2,18-10-4-3-5-11-18)31-24(28)16-27-25(29)30-17-23-21-14-8-6-12-19(21)20-13-7-9-15-22(20)23;1-11(2,14-10(13)8-12)9-6-4-3-5-7-9/h3-15,23H,16-17H2,1-2H3,(H,27,29);3-7H,8,12H2,1-2H3. The van der Waals surface area contributed by atoms with Crippen molar-refractivity contribution in [1.29, 1.82) is 0 Å². The molecule has 0 heterocycles.